The minimum Gasteiger partial charge on any atom is -0.320 e. The first kappa shape index (κ1) is 22.6. The van der Waals surface area contributed by atoms with Gasteiger partial charge in [-0.3, -0.25) is 19.1 Å². The highest BCUT2D eigenvalue weighted by Crippen LogP contribution is 2.27. The number of unbranched alkanes of at least 4 members (excludes halogenated alkanes) is 1. The molecule has 7 heteroatoms. The van der Waals surface area contributed by atoms with Crippen molar-refractivity contribution >= 4 is 23.2 Å². The average Bonchev–Trinajstić information content (AvgIpc) is 3.31. The molecule has 0 spiro atoms. The Bertz CT molecular complexity index is 1210. The third kappa shape index (κ3) is 4.49. The summed E-state index contributed by atoms with van der Waals surface area (Å²) in [5.74, 6) is -0.902. The lowest BCUT2D eigenvalue weighted by Gasteiger charge is -2.17. The number of anilines is 2. The summed E-state index contributed by atoms with van der Waals surface area (Å²) in [4.78, 5) is 40.4. The van der Waals surface area contributed by atoms with Gasteiger partial charge in [-0.25, -0.2) is 4.68 Å². The van der Waals surface area contributed by atoms with Crippen molar-refractivity contribution in [3.63, 3.8) is 0 Å². The average molecular weight is 447 g/mol. The maximum absolute atomic E-state index is 13.1. The van der Waals surface area contributed by atoms with E-state index in [1.165, 1.54) is 10.2 Å². The second kappa shape index (κ2) is 9.48. The number of para-hydroxylation sites is 1. The summed E-state index contributed by atoms with van der Waals surface area (Å²) in [7, 11) is 1.78. The number of rotatable bonds is 7. The lowest BCUT2D eigenvalue weighted by molar-refractivity contribution is -0.122. The van der Waals surface area contributed by atoms with Crippen molar-refractivity contribution < 1.29 is 9.59 Å². The molecule has 1 N–H and O–H groups in total. The minimum absolute atomic E-state index is 0.0806. The number of nitrogens with one attached hydrogen (secondary N) is 1. The van der Waals surface area contributed by atoms with E-state index in [9.17, 15) is 14.4 Å². The highest BCUT2D eigenvalue weighted by atomic mass is 16.2. The summed E-state index contributed by atoms with van der Waals surface area (Å²) >= 11 is 0. The van der Waals surface area contributed by atoms with E-state index >= 15 is 0 Å². The molecule has 2 heterocycles. The van der Waals surface area contributed by atoms with Gasteiger partial charge >= 0.3 is 0 Å². The van der Waals surface area contributed by atoms with Crippen molar-refractivity contribution in [2.75, 3.05) is 16.8 Å². The molecule has 1 aliphatic rings. The molecule has 2 aromatic carbocycles. The van der Waals surface area contributed by atoms with Gasteiger partial charge in [0, 0.05) is 25.7 Å². The predicted molar refractivity (Wildman–Crippen MR) is 130 cm³/mol. The molecular weight excluding hydrogens is 416 g/mol. The zero-order chi connectivity index (χ0) is 23.5. The standard InChI is InChI=1S/C26H30N4O3/c1-4-5-9-19-12-14-21(15-13-19)29-17-20(16-23(29)31)25(32)27-24-18(2)28(3)30(26(24)33)22-10-7-6-8-11-22/h6-8,10-15,20H,4-5,9,16-17H2,1-3H3,(H,27,32). The normalized spacial score (nSPS) is 15.8. The van der Waals surface area contributed by atoms with Gasteiger partial charge in [-0.1, -0.05) is 43.7 Å². The number of aryl methyl sites for hydroxylation is 1. The number of nitrogens with zero attached hydrogens (tertiary/aromatic N) is 3. The lowest BCUT2D eigenvalue weighted by Crippen LogP contribution is -2.30. The Morgan fingerprint density at radius 1 is 1.03 bits per heavy atom. The number of carbonyl (C=O) groups excluding carboxylic acids is 2. The highest BCUT2D eigenvalue weighted by molar-refractivity contribution is 6.03. The molecule has 0 bridgehead atoms. The summed E-state index contributed by atoms with van der Waals surface area (Å²) in [5, 5.41) is 2.80. The van der Waals surface area contributed by atoms with E-state index in [-0.39, 0.29) is 29.5 Å². The van der Waals surface area contributed by atoms with Crippen LogP contribution in [0.1, 0.15) is 37.4 Å². The van der Waals surface area contributed by atoms with Crippen LogP contribution >= 0.6 is 0 Å². The van der Waals surface area contributed by atoms with Crippen LogP contribution in [0, 0.1) is 12.8 Å². The Morgan fingerprint density at radius 2 is 1.73 bits per heavy atom. The maximum atomic E-state index is 13.1. The molecule has 33 heavy (non-hydrogen) atoms. The van der Waals surface area contributed by atoms with Gasteiger partial charge in [-0.15, -0.1) is 0 Å². The molecule has 1 fully saturated rings. The molecule has 1 saturated heterocycles. The van der Waals surface area contributed by atoms with E-state index in [1.807, 2.05) is 54.6 Å². The number of carbonyl (C=O) groups is 2. The summed E-state index contributed by atoms with van der Waals surface area (Å²) in [6, 6.07) is 17.3. The highest BCUT2D eigenvalue weighted by Gasteiger charge is 2.36. The van der Waals surface area contributed by atoms with E-state index in [0.717, 1.165) is 30.6 Å². The third-order valence-electron chi connectivity index (χ3n) is 6.37. The summed E-state index contributed by atoms with van der Waals surface area (Å²) < 4.78 is 3.25. The van der Waals surface area contributed by atoms with Crippen LogP contribution in [0.15, 0.2) is 59.4 Å². The van der Waals surface area contributed by atoms with Gasteiger partial charge in [-0.05, 0) is 49.6 Å². The van der Waals surface area contributed by atoms with Crippen LogP contribution < -0.4 is 15.8 Å². The Labute approximate surface area is 193 Å². The van der Waals surface area contributed by atoms with Gasteiger partial charge < -0.3 is 10.2 Å². The fraction of sp³-hybridized carbons (Fsp3) is 0.346. The molecule has 1 atom stereocenters. The molecule has 3 aromatic rings. The molecule has 1 aromatic heterocycles. The van der Waals surface area contributed by atoms with Crippen LogP contribution in [0.2, 0.25) is 0 Å². The molecule has 0 saturated carbocycles. The van der Waals surface area contributed by atoms with Crippen molar-refractivity contribution in [1.82, 2.24) is 9.36 Å². The predicted octanol–water partition coefficient (Wildman–Crippen LogP) is 3.82. The Kier molecular flexibility index (Phi) is 6.49. The van der Waals surface area contributed by atoms with Crippen molar-refractivity contribution in [1.29, 1.82) is 0 Å². The van der Waals surface area contributed by atoms with Crippen molar-refractivity contribution in [3.8, 4) is 5.69 Å². The van der Waals surface area contributed by atoms with Crippen molar-refractivity contribution in [2.24, 2.45) is 13.0 Å². The maximum Gasteiger partial charge on any atom is 0.295 e. The molecule has 1 aliphatic heterocycles. The fourth-order valence-corrected chi connectivity index (χ4v) is 4.29. The first-order chi connectivity index (χ1) is 15.9. The van der Waals surface area contributed by atoms with Crippen LogP contribution in [0.25, 0.3) is 5.69 Å². The van der Waals surface area contributed by atoms with Crippen LogP contribution in [0.5, 0.6) is 0 Å². The summed E-state index contributed by atoms with van der Waals surface area (Å²) in [6.45, 7) is 4.26. The second-order valence-electron chi connectivity index (χ2n) is 8.60. The Morgan fingerprint density at radius 3 is 2.39 bits per heavy atom. The van der Waals surface area contributed by atoms with Crippen LogP contribution in [-0.4, -0.2) is 27.7 Å². The largest absolute Gasteiger partial charge is 0.320 e. The zero-order valence-corrected chi connectivity index (χ0v) is 19.4. The quantitative estimate of drug-likeness (QED) is 0.600. The molecule has 1 unspecified atom stereocenters. The van der Waals surface area contributed by atoms with E-state index in [4.69, 9.17) is 0 Å². The first-order valence-corrected chi connectivity index (χ1v) is 11.4. The van der Waals surface area contributed by atoms with Crippen LogP contribution in [0.4, 0.5) is 11.4 Å². The van der Waals surface area contributed by atoms with Crippen LogP contribution in [0.3, 0.4) is 0 Å². The summed E-state index contributed by atoms with van der Waals surface area (Å²) in [6.07, 6.45) is 3.42. The molecule has 7 nitrogen and oxygen atoms in total. The lowest BCUT2D eigenvalue weighted by atomic mass is 10.1. The van der Waals surface area contributed by atoms with Gasteiger partial charge in [0.25, 0.3) is 5.56 Å². The molecule has 4 rings (SSSR count). The number of benzene rings is 2. The Balaban J connectivity index is 1.49. The van der Waals surface area contributed by atoms with Gasteiger partial charge in [0.05, 0.1) is 17.3 Å². The molecule has 2 amide bonds. The van der Waals surface area contributed by atoms with E-state index < -0.39 is 5.92 Å². The van der Waals surface area contributed by atoms with Gasteiger partial charge in [-0.2, -0.15) is 0 Å². The molecule has 0 radical (unpaired) electrons. The topological polar surface area (TPSA) is 76.3 Å². The minimum atomic E-state index is -0.513. The molecule has 172 valence electrons. The third-order valence-corrected chi connectivity index (χ3v) is 6.37. The smallest absolute Gasteiger partial charge is 0.295 e. The zero-order valence-electron chi connectivity index (χ0n) is 19.4. The van der Waals surface area contributed by atoms with Gasteiger partial charge in [0.1, 0.15) is 5.69 Å². The van der Waals surface area contributed by atoms with E-state index in [1.54, 1.807) is 23.6 Å². The molecule has 0 aliphatic carbocycles. The first-order valence-electron chi connectivity index (χ1n) is 11.4. The Hall–Kier alpha value is -3.61. The SMILES string of the molecule is CCCCc1ccc(N2CC(C(=O)Nc3c(C)n(C)n(-c4ccccc4)c3=O)CC2=O)cc1. The number of aromatic nitrogens is 2. The van der Waals surface area contributed by atoms with Gasteiger partial charge in [0.2, 0.25) is 11.8 Å². The van der Waals surface area contributed by atoms with Crippen LogP contribution in [-0.2, 0) is 23.1 Å². The van der Waals surface area contributed by atoms with E-state index in [0.29, 0.717) is 12.2 Å². The number of amides is 2. The van der Waals surface area contributed by atoms with Crippen molar-refractivity contribution in [3.05, 3.63) is 76.2 Å². The number of hydrogen-bond donors (Lipinski definition) is 1. The fourth-order valence-electron chi connectivity index (χ4n) is 4.29. The second-order valence-corrected chi connectivity index (χ2v) is 8.60. The number of hydrogen-bond acceptors (Lipinski definition) is 3. The van der Waals surface area contributed by atoms with Gasteiger partial charge in [0.15, 0.2) is 0 Å². The van der Waals surface area contributed by atoms with E-state index in [2.05, 4.69) is 12.2 Å². The van der Waals surface area contributed by atoms with Crippen molar-refractivity contribution in [2.45, 2.75) is 39.5 Å². The molecular formula is C26H30N4O3. The summed E-state index contributed by atoms with van der Waals surface area (Å²) in [5.41, 5.74) is 3.38. The monoisotopic (exact) mass is 446 g/mol.